The average molecular weight is 315 g/mol. The number of aryl methyl sites for hydroxylation is 1. The van der Waals surface area contributed by atoms with Crippen LogP contribution in [0.4, 0.5) is 5.00 Å². The molecule has 0 bridgehead atoms. The molecule has 0 aliphatic heterocycles. The molecular weight excluding hydrogens is 290 g/mol. The third kappa shape index (κ3) is 7.13. The van der Waals surface area contributed by atoms with E-state index in [2.05, 4.69) is 5.32 Å². The van der Waals surface area contributed by atoms with Crippen molar-refractivity contribution in [1.82, 2.24) is 0 Å². The molecular formula is C15H25NO4S. The molecule has 0 aliphatic carbocycles. The number of thiophene rings is 1. The van der Waals surface area contributed by atoms with Gasteiger partial charge in [-0.2, -0.15) is 0 Å². The molecule has 120 valence electrons. The minimum atomic E-state index is -0.276. The van der Waals surface area contributed by atoms with Gasteiger partial charge in [-0.3, -0.25) is 4.79 Å². The van der Waals surface area contributed by atoms with Gasteiger partial charge in [0.1, 0.15) is 10.5 Å². The molecule has 0 aromatic carbocycles. The fraction of sp³-hybridized carbons (Fsp3) is 0.600. The SMILES string of the molecule is CCC(C)(C)OC=O.CCOC(=O)c1sc(NC)cc1C. The standard InChI is InChI=1S/C9H13NO2S.C6H12O2/c1-4-12-9(11)8-6(2)5-7(10-3)13-8;1-4-6(2,3)8-5-7/h5,10H,4H2,1-3H3;5H,4H2,1-3H3. The number of nitrogens with one attached hydrogen (secondary N) is 1. The van der Waals surface area contributed by atoms with Gasteiger partial charge in [0.25, 0.3) is 6.47 Å². The van der Waals surface area contributed by atoms with Gasteiger partial charge in [-0.1, -0.05) is 6.92 Å². The van der Waals surface area contributed by atoms with Gasteiger partial charge in [0.05, 0.1) is 11.6 Å². The van der Waals surface area contributed by atoms with Crippen molar-refractivity contribution in [3.05, 3.63) is 16.5 Å². The topological polar surface area (TPSA) is 64.6 Å². The van der Waals surface area contributed by atoms with Crippen molar-refractivity contribution in [1.29, 1.82) is 0 Å². The summed E-state index contributed by atoms with van der Waals surface area (Å²) < 4.78 is 9.61. The first-order chi connectivity index (χ1) is 9.81. The Bertz CT molecular complexity index is 455. The molecule has 0 saturated heterocycles. The third-order valence-corrected chi connectivity index (χ3v) is 4.08. The lowest BCUT2D eigenvalue weighted by atomic mass is 10.1. The highest BCUT2D eigenvalue weighted by molar-refractivity contribution is 7.18. The molecule has 0 atom stereocenters. The van der Waals surface area contributed by atoms with Gasteiger partial charge in [0.2, 0.25) is 0 Å². The smallest absolute Gasteiger partial charge is 0.348 e. The van der Waals surface area contributed by atoms with E-state index < -0.39 is 0 Å². The van der Waals surface area contributed by atoms with Gasteiger partial charge in [-0.05, 0) is 45.7 Å². The molecule has 0 saturated carbocycles. The predicted molar refractivity (Wildman–Crippen MR) is 86.1 cm³/mol. The molecule has 0 radical (unpaired) electrons. The zero-order valence-corrected chi connectivity index (χ0v) is 14.4. The normalized spacial score (nSPS) is 10.2. The van der Waals surface area contributed by atoms with Crippen LogP contribution in [0.2, 0.25) is 0 Å². The zero-order valence-electron chi connectivity index (χ0n) is 13.6. The quantitative estimate of drug-likeness (QED) is 0.641. The number of hydrogen-bond donors (Lipinski definition) is 1. The van der Waals surface area contributed by atoms with Gasteiger partial charge in [0, 0.05) is 7.05 Å². The minimum Gasteiger partial charge on any atom is -0.462 e. The number of anilines is 1. The predicted octanol–water partition coefficient (Wildman–Crippen LogP) is 3.62. The molecule has 0 spiro atoms. The summed E-state index contributed by atoms with van der Waals surface area (Å²) in [6, 6.07) is 1.94. The molecule has 1 aromatic heterocycles. The molecule has 5 nitrogen and oxygen atoms in total. The number of carbonyl (C=O) groups excluding carboxylic acids is 2. The second kappa shape index (κ2) is 9.39. The average Bonchev–Trinajstić information content (AvgIpc) is 2.81. The second-order valence-electron chi connectivity index (χ2n) is 4.92. The number of ether oxygens (including phenoxy) is 2. The molecule has 6 heteroatoms. The maximum atomic E-state index is 11.4. The van der Waals surface area contributed by atoms with Crippen molar-refractivity contribution in [2.45, 2.75) is 46.6 Å². The van der Waals surface area contributed by atoms with Crippen LogP contribution in [0.1, 0.15) is 49.4 Å². The highest BCUT2D eigenvalue weighted by Crippen LogP contribution is 2.26. The monoisotopic (exact) mass is 315 g/mol. The van der Waals surface area contributed by atoms with Gasteiger partial charge in [0.15, 0.2) is 0 Å². The van der Waals surface area contributed by atoms with E-state index in [9.17, 15) is 9.59 Å². The Kier molecular flexibility index (Phi) is 8.69. The van der Waals surface area contributed by atoms with Gasteiger partial charge >= 0.3 is 5.97 Å². The molecule has 1 rings (SSSR count). The second-order valence-corrected chi connectivity index (χ2v) is 5.97. The van der Waals surface area contributed by atoms with Crippen LogP contribution in [-0.2, 0) is 14.3 Å². The van der Waals surface area contributed by atoms with Crippen molar-refractivity contribution >= 4 is 28.8 Å². The van der Waals surface area contributed by atoms with E-state index in [0.29, 0.717) is 18.0 Å². The largest absolute Gasteiger partial charge is 0.462 e. The van der Waals surface area contributed by atoms with Crippen LogP contribution in [0, 0.1) is 6.92 Å². The lowest BCUT2D eigenvalue weighted by Gasteiger charge is -2.19. The number of rotatable bonds is 6. The van der Waals surface area contributed by atoms with Crippen molar-refractivity contribution in [2.75, 3.05) is 19.0 Å². The number of esters is 1. The molecule has 1 aromatic rings. The van der Waals surface area contributed by atoms with E-state index in [1.165, 1.54) is 11.3 Å². The van der Waals surface area contributed by atoms with Crippen LogP contribution in [0.5, 0.6) is 0 Å². The fourth-order valence-corrected chi connectivity index (χ4v) is 2.14. The van der Waals surface area contributed by atoms with Crippen molar-refractivity contribution in [2.24, 2.45) is 0 Å². The van der Waals surface area contributed by atoms with E-state index in [1.54, 1.807) is 6.92 Å². The summed E-state index contributed by atoms with van der Waals surface area (Å²) in [6.07, 6.45) is 0.853. The van der Waals surface area contributed by atoms with Crippen LogP contribution in [0.3, 0.4) is 0 Å². The molecule has 21 heavy (non-hydrogen) atoms. The molecule has 1 heterocycles. The van der Waals surface area contributed by atoms with Crippen molar-refractivity contribution < 1.29 is 19.1 Å². The van der Waals surface area contributed by atoms with E-state index in [0.717, 1.165) is 17.0 Å². The summed E-state index contributed by atoms with van der Waals surface area (Å²) in [7, 11) is 1.83. The number of hydrogen-bond acceptors (Lipinski definition) is 6. The molecule has 0 aliphatic rings. The van der Waals surface area contributed by atoms with Crippen LogP contribution < -0.4 is 5.32 Å². The summed E-state index contributed by atoms with van der Waals surface area (Å²) in [6.45, 7) is 10.4. The highest BCUT2D eigenvalue weighted by atomic mass is 32.1. The Morgan fingerprint density at radius 1 is 1.43 bits per heavy atom. The lowest BCUT2D eigenvalue weighted by Crippen LogP contribution is -2.21. The van der Waals surface area contributed by atoms with Crippen LogP contribution >= 0.6 is 11.3 Å². The minimum absolute atomic E-state index is 0.230. The molecule has 0 fully saturated rings. The number of carbonyl (C=O) groups is 2. The maximum absolute atomic E-state index is 11.4. The first-order valence-corrected chi connectivity index (χ1v) is 7.69. The fourth-order valence-electron chi connectivity index (χ4n) is 1.22. The first kappa shape index (κ1) is 19.4. The Hall–Kier alpha value is -1.56. The maximum Gasteiger partial charge on any atom is 0.348 e. The van der Waals surface area contributed by atoms with Crippen LogP contribution in [0.15, 0.2) is 6.07 Å². The zero-order chi connectivity index (χ0) is 16.5. The lowest BCUT2D eigenvalue weighted by molar-refractivity contribution is -0.140. The van der Waals surface area contributed by atoms with E-state index in [-0.39, 0.29) is 11.6 Å². The summed E-state index contributed by atoms with van der Waals surface area (Å²) >= 11 is 1.42. The van der Waals surface area contributed by atoms with Crippen LogP contribution in [-0.4, -0.2) is 31.7 Å². The van der Waals surface area contributed by atoms with E-state index in [1.807, 2.05) is 40.8 Å². The highest BCUT2D eigenvalue weighted by Gasteiger charge is 2.14. The molecule has 0 unspecified atom stereocenters. The van der Waals surface area contributed by atoms with Gasteiger partial charge in [-0.15, -0.1) is 11.3 Å². The molecule has 0 amide bonds. The Labute approximate surface area is 130 Å². The van der Waals surface area contributed by atoms with Crippen LogP contribution in [0.25, 0.3) is 0 Å². The summed E-state index contributed by atoms with van der Waals surface area (Å²) in [5.41, 5.74) is 0.690. The summed E-state index contributed by atoms with van der Waals surface area (Å²) in [5, 5.41) is 3.98. The third-order valence-electron chi connectivity index (χ3n) is 2.84. The Morgan fingerprint density at radius 2 is 2.05 bits per heavy atom. The van der Waals surface area contributed by atoms with Crippen molar-refractivity contribution in [3.8, 4) is 0 Å². The Morgan fingerprint density at radius 3 is 2.38 bits per heavy atom. The van der Waals surface area contributed by atoms with E-state index in [4.69, 9.17) is 9.47 Å². The summed E-state index contributed by atoms with van der Waals surface area (Å²) in [5.74, 6) is -0.230. The van der Waals surface area contributed by atoms with E-state index >= 15 is 0 Å². The molecule has 1 N–H and O–H groups in total. The Balaban J connectivity index is 0.000000433. The first-order valence-electron chi connectivity index (χ1n) is 6.88. The van der Waals surface area contributed by atoms with Gasteiger partial charge in [-0.25, -0.2) is 4.79 Å². The van der Waals surface area contributed by atoms with Crippen molar-refractivity contribution in [3.63, 3.8) is 0 Å². The van der Waals surface area contributed by atoms with Gasteiger partial charge < -0.3 is 14.8 Å². The summed E-state index contributed by atoms with van der Waals surface area (Å²) in [4.78, 5) is 21.8.